The molecular weight excluding hydrogens is 413 g/mol. The van der Waals surface area contributed by atoms with Gasteiger partial charge in [0.1, 0.15) is 5.82 Å². The number of rotatable bonds is 8. The summed E-state index contributed by atoms with van der Waals surface area (Å²) in [5.41, 5.74) is 5.77. The van der Waals surface area contributed by atoms with E-state index in [2.05, 4.69) is 5.10 Å². The molecule has 1 aromatic carbocycles. The number of hydrogen-bond acceptors (Lipinski definition) is 5. The molecule has 2 atom stereocenters. The Morgan fingerprint density at radius 3 is 2.56 bits per heavy atom. The number of aliphatic carboxylic acids is 1. The molecule has 3 N–H and O–H groups in total. The second-order valence-electron chi connectivity index (χ2n) is 8.40. The van der Waals surface area contributed by atoms with Crippen LogP contribution in [-0.2, 0) is 4.79 Å². The molecule has 4 rings (SSSR count). The number of carbonyl (C=O) groups is 1. The first-order chi connectivity index (χ1) is 15.2. The van der Waals surface area contributed by atoms with Gasteiger partial charge in [0.15, 0.2) is 5.65 Å². The lowest BCUT2D eigenvalue weighted by molar-refractivity contribution is -0.139. The number of halogens is 1. The number of carboxylic acids is 1. The van der Waals surface area contributed by atoms with Gasteiger partial charge < -0.3 is 15.3 Å². The molecule has 32 heavy (non-hydrogen) atoms. The molecule has 7 nitrogen and oxygen atoms in total. The van der Waals surface area contributed by atoms with Crippen LogP contribution in [0.3, 0.4) is 0 Å². The summed E-state index contributed by atoms with van der Waals surface area (Å²) in [6.45, 7) is 3.89. The lowest BCUT2D eigenvalue weighted by Gasteiger charge is -2.15. The molecule has 0 spiro atoms. The van der Waals surface area contributed by atoms with Gasteiger partial charge in [-0.3, -0.25) is 4.79 Å². The van der Waals surface area contributed by atoms with Crippen molar-refractivity contribution in [1.82, 2.24) is 14.6 Å². The molecule has 0 amide bonds. The van der Waals surface area contributed by atoms with Crippen LogP contribution in [0.4, 0.5) is 4.39 Å². The number of fused-ring (bicyclic) bond motifs is 1. The van der Waals surface area contributed by atoms with Crippen LogP contribution in [-0.4, -0.2) is 48.1 Å². The number of aryl methyl sites for hydroxylation is 2. The van der Waals surface area contributed by atoms with Gasteiger partial charge in [-0.05, 0) is 51.0 Å². The molecule has 2 unspecified atom stereocenters. The van der Waals surface area contributed by atoms with Crippen molar-refractivity contribution in [3.05, 3.63) is 58.7 Å². The summed E-state index contributed by atoms with van der Waals surface area (Å²) in [5.74, 6) is -1.17. The second kappa shape index (κ2) is 8.80. The topological polar surface area (TPSA) is 108 Å². The zero-order chi connectivity index (χ0) is 23.0. The second-order valence-corrected chi connectivity index (χ2v) is 8.40. The van der Waals surface area contributed by atoms with E-state index in [1.165, 1.54) is 18.2 Å². The maximum absolute atomic E-state index is 13.6. The Bertz CT molecular complexity index is 1180. The maximum atomic E-state index is 13.6. The van der Waals surface area contributed by atoms with E-state index in [1.807, 2.05) is 13.8 Å². The molecule has 3 aromatic rings. The van der Waals surface area contributed by atoms with Crippen LogP contribution < -0.4 is 0 Å². The first-order valence-electron chi connectivity index (χ1n) is 10.7. The van der Waals surface area contributed by atoms with E-state index in [9.17, 15) is 19.4 Å². The Kier molecular flexibility index (Phi) is 6.08. The summed E-state index contributed by atoms with van der Waals surface area (Å²) < 4.78 is 15.4. The molecule has 168 valence electrons. The van der Waals surface area contributed by atoms with E-state index in [0.717, 1.165) is 52.3 Å². The van der Waals surface area contributed by atoms with Crippen molar-refractivity contribution in [3.63, 3.8) is 0 Å². The first-order valence-corrected chi connectivity index (χ1v) is 10.7. The molecular formula is C24H26FN3O4. The van der Waals surface area contributed by atoms with Crippen LogP contribution in [0, 0.1) is 19.7 Å². The maximum Gasteiger partial charge on any atom is 0.305 e. The first kappa shape index (κ1) is 22.1. The van der Waals surface area contributed by atoms with Gasteiger partial charge in [-0.2, -0.15) is 5.10 Å². The fourth-order valence-electron chi connectivity index (χ4n) is 3.86. The number of aliphatic hydroxyl groups is 2. The van der Waals surface area contributed by atoms with Crippen molar-refractivity contribution in [3.8, 4) is 11.3 Å². The van der Waals surface area contributed by atoms with Crippen molar-refractivity contribution < 1.29 is 24.5 Å². The normalized spacial score (nSPS) is 16.0. The minimum Gasteiger partial charge on any atom is -0.481 e. The zero-order valence-corrected chi connectivity index (χ0v) is 18.0. The van der Waals surface area contributed by atoms with Crippen molar-refractivity contribution in [2.24, 2.45) is 0 Å². The summed E-state index contributed by atoms with van der Waals surface area (Å²) >= 11 is 0. The van der Waals surface area contributed by atoms with Gasteiger partial charge in [0, 0.05) is 29.0 Å². The van der Waals surface area contributed by atoms with Crippen LogP contribution in [0.15, 0.2) is 30.3 Å². The van der Waals surface area contributed by atoms with Crippen molar-refractivity contribution >= 4 is 17.7 Å². The lowest BCUT2D eigenvalue weighted by Crippen LogP contribution is -2.19. The quantitative estimate of drug-likeness (QED) is 0.495. The summed E-state index contributed by atoms with van der Waals surface area (Å²) in [4.78, 5) is 15.7. The SMILES string of the molecule is Cc1nn2c(-c3ccc(F)cc3)c(/C=C/C(O)CC(O)CC(=O)O)c(C3CC3)nc2c1C. The molecule has 0 aliphatic heterocycles. The van der Waals surface area contributed by atoms with Gasteiger partial charge in [-0.25, -0.2) is 13.9 Å². The number of nitrogens with zero attached hydrogens (tertiary/aromatic N) is 3. The van der Waals surface area contributed by atoms with Crippen LogP contribution >= 0.6 is 0 Å². The smallest absolute Gasteiger partial charge is 0.305 e. The third-order valence-corrected chi connectivity index (χ3v) is 5.79. The minimum atomic E-state index is -1.15. The Labute approximate surface area is 184 Å². The highest BCUT2D eigenvalue weighted by molar-refractivity contribution is 5.77. The third kappa shape index (κ3) is 4.56. The van der Waals surface area contributed by atoms with E-state index in [0.29, 0.717) is 5.92 Å². The van der Waals surface area contributed by atoms with Gasteiger partial charge >= 0.3 is 5.97 Å². The van der Waals surface area contributed by atoms with Crippen LogP contribution in [0.2, 0.25) is 0 Å². The Morgan fingerprint density at radius 1 is 1.25 bits per heavy atom. The van der Waals surface area contributed by atoms with Gasteiger partial charge in [0.25, 0.3) is 0 Å². The van der Waals surface area contributed by atoms with Crippen LogP contribution in [0.5, 0.6) is 0 Å². The van der Waals surface area contributed by atoms with Gasteiger partial charge in [-0.1, -0.05) is 12.2 Å². The number of hydrogen-bond donors (Lipinski definition) is 3. The van der Waals surface area contributed by atoms with Crippen molar-refractivity contribution in [2.45, 2.75) is 57.7 Å². The number of benzene rings is 1. The molecule has 1 saturated carbocycles. The van der Waals surface area contributed by atoms with Crippen molar-refractivity contribution in [1.29, 1.82) is 0 Å². The van der Waals surface area contributed by atoms with E-state index in [4.69, 9.17) is 10.1 Å². The zero-order valence-electron chi connectivity index (χ0n) is 18.0. The Morgan fingerprint density at radius 2 is 1.94 bits per heavy atom. The molecule has 1 aliphatic carbocycles. The van der Waals surface area contributed by atoms with E-state index >= 15 is 0 Å². The molecule has 2 aromatic heterocycles. The lowest BCUT2D eigenvalue weighted by atomic mass is 10.00. The molecule has 1 aliphatic rings. The predicted octanol–water partition coefficient (Wildman–Crippen LogP) is 3.63. The number of aliphatic hydroxyl groups excluding tert-OH is 2. The fraction of sp³-hybridized carbons (Fsp3) is 0.375. The summed E-state index contributed by atoms with van der Waals surface area (Å²) in [7, 11) is 0. The summed E-state index contributed by atoms with van der Waals surface area (Å²) in [5, 5.41) is 33.7. The summed E-state index contributed by atoms with van der Waals surface area (Å²) in [6.07, 6.45) is 2.61. The largest absolute Gasteiger partial charge is 0.481 e. The van der Waals surface area contributed by atoms with E-state index in [-0.39, 0.29) is 12.2 Å². The molecule has 0 bridgehead atoms. The van der Waals surface area contributed by atoms with Gasteiger partial charge in [0.05, 0.1) is 35.7 Å². The molecule has 1 fully saturated rings. The van der Waals surface area contributed by atoms with Crippen LogP contribution in [0.25, 0.3) is 23.0 Å². The Hall–Kier alpha value is -3.10. The third-order valence-electron chi connectivity index (χ3n) is 5.79. The monoisotopic (exact) mass is 439 g/mol. The van der Waals surface area contributed by atoms with Gasteiger partial charge in [0.2, 0.25) is 0 Å². The molecule has 0 saturated heterocycles. The highest BCUT2D eigenvalue weighted by Gasteiger charge is 2.31. The average Bonchev–Trinajstić information content (AvgIpc) is 3.52. The van der Waals surface area contributed by atoms with Gasteiger partial charge in [-0.15, -0.1) is 0 Å². The predicted molar refractivity (Wildman–Crippen MR) is 118 cm³/mol. The van der Waals surface area contributed by atoms with Crippen molar-refractivity contribution in [2.75, 3.05) is 0 Å². The molecule has 8 heteroatoms. The van der Waals surface area contributed by atoms with Crippen LogP contribution in [0.1, 0.15) is 54.1 Å². The standard InChI is InChI=1S/C24H26FN3O4/c1-13-14(2)27-28-23(16-5-7-17(25)8-6-16)20(22(15-3-4-15)26-24(13)28)10-9-18(29)11-19(30)12-21(31)32/h5-10,15,18-19,29-30H,3-4,11-12H2,1-2H3,(H,31,32)/b10-9+. The fourth-order valence-corrected chi connectivity index (χ4v) is 3.86. The number of carboxylic acid groups (broad SMARTS) is 1. The minimum absolute atomic E-state index is 0.0941. The van der Waals surface area contributed by atoms with E-state index in [1.54, 1.807) is 22.7 Å². The average molecular weight is 439 g/mol. The highest BCUT2D eigenvalue weighted by Crippen LogP contribution is 2.44. The number of aromatic nitrogens is 3. The molecule has 0 radical (unpaired) electrons. The van der Waals surface area contributed by atoms with E-state index < -0.39 is 24.6 Å². The summed E-state index contributed by atoms with van der Waals surface area (Å²) in [6, 6.07) is 6.17. The highest BCUT2D eigenvalue weighted by atomic mass is 19.1. The molecule has 2 heterocycles. The Balaban J connectivity index is 1.83.